The van der Waals surface area contributed by atoms with Crippen molar-refractivity contribution >= 4 is 29.2 Å². The molecule has 3 atom stereocenters. The molecule has 3 unspecified atom stereocenters. The molecule has 0 bridgehead atoms. The number of esters is 1. The van der Waals surface area contributed by atoms with E-state index in [2.05, 4.69) is 6.07 Å². The van der Waals surface area contributed by atoms with Gasteiger partial charge in [-0.1, -0.05) is 85.6 Å². The van der Waals surface area contributed by atoms with Crippen molar-refractivity contribution in [1.29, 1.82) is 10.5 Å². The van der Waals surface area contributed by atoms with Gasteiger partial charge in [0.15, 0.2) is 23.1 Å². The van der Waals surface area contributed by atoms with E-state index in [9.17, 15) is 19.7 Å². The van der Waals surface area contributed by atoms with Crippen LogP contribution in [-0.4, -0.2) is 5.97 Å². The molecule has 6 nitrogen and oxygen atoms in total. The smallest absolute Gasteiger partial charge is 0.321 e. The maximum Gasteiger partial charge on any atom is 0.321 e. The van der Waals surface area contributed by atoms with Gasteiger partial charge in [-0.05, 0) is 67.1 Å². The van der Waals surface area contributed by atoms with Crippen molar-refractivity contribution in [3.8, 4) is 35.1 Å². The first-order valence-corrected chi connectivity index (χ1v) is 14.8. The lowest BCUT2D eigenvalue weighted by molar-refractivity contribution is -0.159. The maximum absolute atomic E-state index is 15.1. The van der Waals surface area contributed by atoms with Crippen molar-refractivity contribution in [2.75, 3.05) is 0 Å². The number of nitriles is 2. The molecule has 10 heteroatoms. The van der Waals surface area contributed by atoms with Crippen molar-refractivity contribution in [3.05, 3.63) is 130 Å². The molecular formula is C36H26Cl2F2N2O4. The third kappa shape index (κ3) is 5.24. The van der Waals surface area contributed by atoms with E-state index in [0.717, 1.165) is 12.1 Å². The van der Waals surface area contributed by atoms with Crippen LogP contribution in [0, 0.1) is 45.1 Å². The summed E-state index contributed by atoms with van der Waals surface area (Å²) >= 11 is 12.2. The van der Waals surface area contributed by atoms with Gasteiger partial charge in [0, 0.05) is 11.0 Å². The fourth-order valence-electron chi connectivity index (χ4n) is 6.07. The minimum absolute atomic E-state index is 0.102. The largest absolute Gasteiger partial charge is 0.454 e. The van der Waals surface area contributed by atoms with Crippen molar-refractivity contribution in [2.24, 2.45) is 10.8 Å². The summed E-state index contributed by atoms with van der Waals surface area (Å²) in [6, 6.07) is 28.5. The van der Waals surface area contributed by atoms with Crippen LogP contribution in [0.1, 0.15) is 31.9 Å². The van der Waals surface area contributed by atoms with Crippen LogP contribution in [0.3, 0.4) is 0 Å². The molecule has 4 aromatic carbocycles. The monoisotopic (exact) mass is 658 g/mol. The standard InChI is InChI=1S/C36H26Cl2F2N2O4/c1-33(2)35(22-42,20-31(37)38)36(33,24-15-17-28(40)30(19-24)45-26-12-8-5-9-13-26)32(43)46-34(3,21-41)23-14-16-27(39)29(18-23)44-25-10-6-4-7-11-25/h4-20H,1-3H3. The highest BCUT2D eigenvalue weighted by Gasteiger charge is 2.88. The van der Waals surface area contributed by atoms with Crippen LogP contribution in [-0.2, 0) is 20.5 Å². The zero-order valence-electron chi connectivity index (χ0n) is 24.9. The number of halogens is 4. The molecule has 0 heterocycles. The van der Waals surface area contributed by atoms with E-state index in [1.165, 1.54) is 37.3 Å². The summed E-state index contributed by atoms with van der Waals surface area (Å²) < 4.78 is 47.1. The molecular weight excluding hydrogens is 633 g/mol. The molecule has 232 valence electrons. The van der Waals surface area contributed by atoms with Crippen molar-refractivity contribution in [3.63, 3.8) is 0 Å². The first kappa shape index (κ1) is 32.5. The van der Waals surface area contributed by atoms with Crippen LogP contribution in [0.15, 0.2) is 108 Å². The first-order chi connectivity index (χ1) is 21.8. The van der Waals surface area contributed by atoms with Crippen molar-refractivity contribution in [2.45, 2.75) is 31.8 Å². The molecule has 1 aliphatic carbocycles. The van der Waals surface area contributed by atoms with E-state index >= 15 is 4.39 Å². The Morgan fingerprint density at radius 1 is 0.826 bits per heavy atom. The number of carbonyl (C=O) groups excluding carboxylic acids is 1. The Morgan fingerprint density at radius 2 is 1.35 bits per heavy atom. The Labute approximate surface area is 275 Å². The molecule has 1 saturated carbocycles. The average Bonchev–Trinajstić information content (AvgIpc) is 3.48. The number of ether oxygens (including phenoxy) is 3. The highest BCUT2D eigenvalue weighted by molar-refractivity contribution is 6.56. The van der Waals surface area contributed by atoms with E-state index in [-0.39, 0.29) is 27.1 Å². The number of nitrogens with zero attached hydrogens (tertiary/aromatic N) is 2. The van der Waals surface area contributed by atoms with Crippen LogP contribution in [0.5, 0.6) is 23.0 Å². The van der Waals surface area contributed by atoms with Gasteiger partial charge in [0.25, 0.3) is 0 Å². The van der Waals surface area contributed by atoms with Gasteiger partial charge in [-0.3, -0.25) is 4.79 Å². The number of carbonyl (C=O) groups is 1. The third-order valence-electron chi connectivity index (χ3n) is 8.56. The minimum Gasteiger partial charge on any atom is -0.454 e. The van der Waals surface area contributed by atoms with E-state index in [4.69, 9.17) is 37.4 Å². The second kappa shape index (κ2) is 12.1. The molecule has 0 amide bonds. The number of hydrogen-bond donors (Lipinski definition) is 0. The predicted octanol–water partition coefficient (Wildman–Crippen LogP) is 9.64. The van der Waals surface area contributed by atoms with Gasteiger partial charge in [0.1, 0.15) is 32.9 Å². The zero-order chi connectivity index (χ0) is 33.3. The van der Waals surface area contributed by atoms with Crippen LogP contribution in [0.2, 0.25) is 0 Å². The zero-order valence-corrected chi connectivity index (χ0v) is 26.4. The van der Waals surface area contributed by atoms with E-state index in [1.54, 1.807) is 74.5 Å². The summed E-state index contributed by atoms with van der Waals surface area (Å²) in [5.41, 5.74) is -6.53. The Hall–Kier alpha value is -4.89. The summed E-state index contributed by atoms with van der Waals surface area (Å²) in [6.45, 7) is 4.61. The Morgan fingerprint density at radius 3 is 1.85 bits per heavy atom. The summed E-state index contributed by atoms with van der Waals surface area (Å²) in [4.78, 5) is 14.6. The molecule has 0 aliphatic heterocycles. The molecule has 5 rings (SSSR count). The average molecular weight is 660 g/mol. The summed E-state index contributed by atoms with van der Waals surface area (Å²) in [5.74, 6) is -2.16. The van der Waals surface area contributed by atoms with Crippen molar-refractivity contribution in [1.82, 2.24) is 0 Å². The number of benzene rings is 4. The van der Waals surface area contributed by atoms with Gasteiger partial charge >= 0.3 is 5.97 Å². The van der Waals surface area contributed by atoms with E-state index in [0.29, 0.717) is 11.5 Å². The lowest BCUT2D eigenvalue weighted by Gasteiger charge is -2.28. The molecule has 46 heavy (non-hydrogen) atoms. The number of allylic oxidation sites excluding steroid dienone is 1. The number of hydrogen-bond acceptors (Lipinski definition) is 6. The SMILES string of the molecule is CC(C#N)(OC(=O)C1(c2ccc(F)c(Oc3ccccc3)c2)C(C)(C)C1(C#N)C=C(Cl)Cl)c1ccc(F)c(Oc2ccccc2)c1. The van der Waals surface area contributed by atoms with Gasteiger partial charge in [-0.2, -0.15) is 10.5 Å². The molecule has 4 aromatic rings. The first-order valence-electron chi connectivity index (χ1n) is 14.0. The van der Waals surface area contributed by atoms with E-state index < -0.39 is 39.4 Å². The number of para-hydroxylation sites is 2. The lowest BCUT2D eigenvalue weighted by Crippen LogP contribution is -2.37. The Bertz CT molecular complexity index is 1920. The summed E-state index contributed by atoms with van der Waals surface area (Å²) in [7, 11) is 0. The molecule has 1 fully saturated rings. The highest BCUT2D eigenvalue weighted by Crippen LogP contribution is 2.80. The second-order valence-electron chi connectivity index (χ2n) is 11.4. The lowest BCUT2D eigenvalue weighted by atomic mass is 9.84. The Kier molecular flexibility index (Phi) is 8.57. The fraction of sp³-hybridized carbons (Fsp3) is 0.194. The third-order valence-corrected chi connectivity index (χ3v) is 8.78. The van der Waals surface area contributed by atoms with Gasteiger partial charge in [-0.25, -0.2) is 8.78 Å². The quantitative estimate of drug-likeness (QED) is 0.166. The van der Waals surface area contributed by atoms with Crippen molar-refractivity contribution < 1.29 is 27.8 Å². The normalized spacial score (nSPS) is 20.6. The van der Waals surface area contributed by atoms with Gasteiger partial charge in [0.2, 0.25) is 5.60 Å². The van der Waals surface area contributed by atoms with E-state index in [1.807, 2.05) is 6.07 Å². The Balaban J connectivity index is 1.61. The topological polar surface area (TPSA) is 92.3 Å². The molecule has 0 N–H and O–H groups in total. The van der Waals surface area contributed by atoms with Gasteiger partial charge in [-0.15, -0.1) is 0 Å². The minimum atomic E-state index is -2.00. The molecule has 0 spiro atoms. The fourth-order valence-corrected chi connectivity index (χ4v) is 6.40. The van der Waals surface area contributed by atoms with Crippen LogP contribution in [0.25, 0.3) is 0 Å². The summed E-state index contributed by atoms with van der Waals surface area (Å²) in [6.07, 6.45) is 1.24. The van der Waals surface area contributed by atoms with Crippen LogP contribution < -0.4 is 9.47 Å². The summed E-state index contributed by atoms with van der Waals surface area (Å²) in [5, 5.41) is 20.9. The second-order valence-corrected chi connectivity index (χ2v) is 12.4. The predicted molar refractivity (Wildman–Crippen MR) is 168 cm³/mol. The highest BCUT2D eigenvalue weighted by atomic mass is 35.5. The van der Waals surface area contributed by atoms with Gasteiger partial charge in [0.05, 0.1) is 6.07 Å². The molecule has 0 saturated heterocycles. The number of rotatable bonds is 9. The molecule has 0 radical (unpaired) electrons. The molecule has 1 aliphatic rings. The molecule has 0 aromatic heterocycles. The maximum atomic E-state index is 15.1. The van der Waals surface area contributed by atoms with Gasteiger partial charge < -0.3 is 14.2 Å². The van der Waals surface area contributed by atoms with Crippen LogP contribution >= 0.6 is 23.2 Å². The van der Waals surface area contributed by atoms with Crippen LogP contribution in [0.4, 0.5) is 8.78 Å².